The van der Waals surface area contributed by atoms with E-state index in [1.807, 2.05) is 0 Å². The fourth-order valence-corrected chi connectivity index (χ4v) is 2.79. The van der Waals surface area contributed by atoms with Gasteiger partial charge in [0.05, 0.1) is 16.9 Å². The van der Waals surface area contributed by atoms with Crippen molar-refractivity contribution < 1.29 is 19.1 Å². The number of amides is 3. The molecule has 168 valence electrons. The van der Waals surface area contributed by atoms with E-state index < -0.39 is 11.8 Å². The Morgan fingerprint density at radius 2 is 1.55 bits per heavy atom. The molecule has 3 rings (SSSR count). The van der Waals surface area contributed by atoms with E-state index in [0.717, 1.165) is 0 Å². The summed E-state index contributed by atoms with van der Waals surface area (Å²) in [7, 11) is 0. The number of benzene rings is 3. The quantitative estimate of drug-likeness (QED) is 0.266. The van der Waals surface area contributed by atoms with E-state index in [2.05, 4.69) is 21.2 Å². The fraction of sp³-hybridized carbons (Fsp3) is 0.0435. The zero-order valence-corrected chi connectivity index (χ0v) is 18.6. The average molecular weight is 485 g/mol. The maximum absolute atomic E-state index is 12.0. The van der Waals surface area contributed by atoms with E-state index in [-0.39, 0.29) is 12.5 Å². The van der Waals surface area contributed by atoms with Gasteiger partial charge >= 0.3 is 11.8 Å². The number of carbonyl (C=O) groups excluding carboxylic acids is 3. The third-order valence-electron chi connectivity index (χ3n) is 4.09. The summed E-state index contributed by atoms with van der Waals surface area (Å²) in [6.07, 6.45) is 1.36. The van der Waals surface area contributed by atoms with Gasteiger partial charge in [-0.2, -0.15) is 5.10 Å². The fourth-order valence-electron chi connectivity index (χ4n) is 2.49. The first-order valence-corrected chi connectivity index (χ1v) is 10.3. The van der Waals surface area contributed by atoms with Crippen LogP contribution in [-0.4, -0.2) is 30.5 Å². The van der Waals surface area contributed by atoms with Crippen LogP contribution in [0.25, 0.3) is 0 Å². The van der Waals surface area contributed by atoms with Crippen LogP contribution in [0.2, 0.25) is 10.0 Å². The minimum Gasteiger partial charge on any atom is -0.484 e. The number of para-hydroxylation sites is 1. The normalized spacial score (nSPS) is 10.5. The second-order valence-corrected chi connectivity index (χ2v) is 7.39. The van der Waals surface area contributed by atoms with Crippen molar-refractivity contribution in [2.24, 2.45) is 5.10 Å². The van der Waals surface area contributed by atoms with Crippen molar-refractivity contribution in [3.63, 3.8) is 0 Å². The molecule has 3 amide bonds. The maximum Gasteiger partial charge on any atom is 0.329 e. The van der Waals surface area contributed by atoms with Crippen LogP contribution in [-0.2, 0) is 14.4 Å². The van der Waals surface area contributed by atoms with Crippen LogP contribution < -0.4 is 20.8 Å². The van der Waals surface area contributed by atoms with Gasteiger partial charge in [-0.25, -0.2) is 5.43 Å². The molecule has 3 N–H and O–H groups in total. The molecule has 0 saturated carbocycles. The van der Waals surface area contributed by atoms with E-state index in [0.29, 0.717) is 32.7 Å². The lowest BCUT2D eigenvalue weighted by Crippen LogP contribution is -2.32. The molecule has 0 aromatic heterocycles. The average Bonchev–Trinajstić information content (AvgIpc) is 2.81. The summed E-state index contributed by atoms with van der Waals surface area (Å²) in [5.74, 6) is -1.68. The first-order valence-electron chi connectivity index (χ1n) is 9.58. The molecule has 0 radical (unpaired) electrons. The lowest BCUT2D eigenvalue weighted by Gasteiger charge is -2.08. The molecule has 0 atom stereocenters. The first kappa shape index (κ1) is 23.8. The van der Waals surface area contributed by atoms with E-state index in [1.54, 1.807) is 72.8 Å². The van der Waals surface area contributed by atoms with Crippen molar-refractivity contribution in [2.45, 2.75) is 0 Å². The van der Waals surface area contributed by atoms with Crippen LogP contribution in [0.5, 0.6) is 5.75 Å². The van der Waals surface area contributed by atoms with Crippen LogP contribution in [0.15, 0.2) is 77.9 Å². The minimum atomic E-state index is -0.925. The molecule has 0 unspecified atom stereocenters. The van der Waals surface area contributed by atoms with Gasteiger partial charge in [0, 0.05) is 10.7 Å². The Hall–Kier alpha value is -3.88. The summed E-state index contributed by atoms with van der Waals surface area (Å²) in [4.78, 5) is 35.7. The number of halogens is 2. The third kappa shape index (κ3) is 7.64. The highest BCUT2D eigenvalue weighted by atomic mass is 35.5. The lowest BCUT2D eigenvalue weighted by atomic mass is 10.2. The lowest BCUT2D eigenvalue weighted by molar-refractivity contribution is -0.136. The second kappa shape index (κ2) is 11.7. The zero-order valence-electron chi connectivity index (χ0n) is 17.0. The van der Waals surface area contributed by atoms with Crippen LogP contribution in [0.1, 0.15) is 5.56 Å². The Balaban J connectivity index is 1.43. The van der Waals surface area contributed by atoms with Crippen molar-refractivity contribution in [1.82, 2.24) is 5.43 Å². The van der Waals surface area contributed by atoms with Crippen LogP contribution in [0.3, 0.4) is 0 Å². The van der Waals surface area contributed by atoms with Crippen molar-refractivity contribution in [3.8, 4) is 5.75 Å². The Morgan fingerprint density at radius 1 is 0.848 bits per heavy atom. The topological polar surface area (TPSA) is 109 Å². The largest absolute Gasteiger partial charge is 0.484 e. The molecule has 0 aliphatic rings. The number of carbonyl (C=O) groups is 3. The number of hydrazone groups is 1. The summed E-state index contributed by atoms with van der Waals surface area (Å²) < 4.78 is 5.44. The first-order chi connectivity index (χ1) is 15.9. The number of nitrogens with one attached hydrogen (secondary N) is 3. The number of rotatable bonds is 7. The molecule has 0 fully saturated rings. The molecule has 0 saturated heterocycles. The van der Waals surface area contributed by atoms with Crippen molar-refractivity contribution in [3.05, 3.63) is 88.4 Å². The van der Waals surface area contributed by atoms with Crippen molar-refractivity contribution in [2.75, 3.05) is 17.2 Å². The second-order valence-electron chi connectivity index (χ2n) is 6.55. The molecule has 0 bridgehead atoms. The molecule has 0 aliphatic carbocycles. The molecular formula is C23H18Cl2N4O4. The monoisotopic (exact) mass is 484 g/mol. The third-order valence-corrected chi connectivity index (χ3v) is 4.67. The van der Waals surface area contributed by atoms with Crippen LogP contribution >= 0.6 is 23.2 Å². The molecule has 8 nitrogen and oxygen atoms in total. The summed E-state index contributed by atoms with van der Waals surface area (Å²) >= 11 is 11.8. The predicted molar refractivity (Wildman–Crippen MR) is 128 cm³/mol. The predicted octanol–water partition coefficient (Wildman–Crippen LogP) is 4.10. The van der Waals surface area contributed by atoms with Crippen LogP contribution in [0, 0.1) is 0 Å². The van der Waals surface area contributed by atoms with Gasteiger partial charge in [0.25, 0.3) is 5.91 Å². The highest BCUT2D eigenvalue weighted by Gasteiger charge is 2.12. The summed E-state index contributed by atoms with van der Waals surface area (Å²) in [5, 5.41) is 9.79. The number of nitrogens with zero attached hydrogens (tertiary/aromatic N) is 1. The summed E-state index contributed by atoms with van der Waals surface area (Å²) in [6, 6.07) is 19.8. The maximum atomic E-state index is 12.0. The van der Waals surface area contributed by atoms with Gasteiger partial charge < -0.3 is 15.4 Å². The van der Waals surface area contributed by atoms with Gasteiger partial charge in [-0.3, -0.25) is 14.4 Å². The minimum absolute atomic E-state index is 0.197. The van der Waals surface area contributed by atoms with Crippen molar-refractivity contribution in [1.29, 1.82) is 0 Å². The number of hydrogen-bond acceptors (Lipinski definition) is 5. The van der Waals surface area contributed by atoms with Gasteiger partial charge in [-0.05, 0) is 66.2 Å². The Morgan fingerprint density at radius 3 is 2.24 bits per heavy atom. The molecule has 0 aliphatic heterocycles. The Bertz CT molecular complexity index is 1170. The van der Waals surface area contributed by atoms with E-state index in [4.69, 9.17) is 27.9 Å². The molecule has 10 heteroatoms. The summed E-state index contributed by atoms with van der Waals surface area (Å²) in [5.41, 5.74) is 3.72. The van der Waals surface area contributed by atoms with Gasteiger partial charge in [-0.1, -0.05) is 35.3 Å². The van der Waals surface area contributed by atoms with Crippen LogP contribution in [0.4, 0.5) is 11.4 Å². The zero-order chi connectivity index (χ0) is 23.6. The molecule has 0 heterocycles. The van der Waals surface area contributed by atoms with Gasteiger partial charge in [-0.15, -0.1) is 0 Å². The highest BCUT2D eigenvalue weighted by Crippen LogP contribution is 2.20. The Labute approximate surface area is 199 Å². The number of ether oxygens (including phenoxy) is 1. The standard InChI is InChI=1S/C23H18Cl2N4O4/c24-16-7-9-17(10-8-16)27-22(31)23(32)29-26-13-15-5-11-18(12-6-15)33-14-21(30)28-20-4-2-1-3-19(20)25/h1-13H,14H2,(H,27,31)(H,28,30)(H,29,32)/b26-13-. The summed E-state index contributed by atoms with van der Waals surface area (Å²) in [6.45, 7) is -0.197. The SMILES string of the molecule is O=C(COc1ccc(/C=N\NC(=O)C(=O)Nc2ccc(Cl)cc2)cc1)Nc1ccccc1Cl. The molecule has 3 aromatic carbocycles. The molecule has 0 spiro atoms. The number of anilines is 2. The van der Waals surface area contributed by atoms with E-state index in [9.17, 15) is 14.4 Å². The molecule has 3 aromatic rings. The van der Waals surface area contributed by atoms with Gasteiger partial charge in [0.2, 0.25) is 0 Å². The van der Waals surface area contributed by atoms with E-state index >= 15 is 0 Å². The molecule has 33 heavy (non-hydrogen) atoms. The van der Waals surface area contributed by atoms with E-state index in [1.165, 1.54) is 6.21 Å². The van der Waals surface area contributed by atoms with Gasteiger partial charge in [0.15, 0.2) is 6.61 Å². The smallest absolute Gasteiger partial charge is 0.329 e. The highest BCUT2D eigenvalue weighted by molar-refractivity contribution is 6.39. The molecular weight excluding hydrogens is 467 g/mol. The number of hydrogen-bond donors (Lipinski definition) is 3. The van der Waals surface area contributed by atoms with Crippen molar-refractivity contribution >= 4 is 58.5 Å². The Kier molecular flexibility index (Phi) is 8.40. The van der Waals surface area contributed by atoms with Gasteiger partial charge in [0.1, 0.15) is 5.75 Å².